The summed E-state index contributed by atoms with van der Waals surface area (Å²) in [6.07, 6.45) is 0.850. The van der Waals surface area contributed by atoms with Gasteiger partial charge < -0.3 is 9.47 Å². The van der Waals surface area contributed by atoms with Crippen LogP contribution < -0.4 is 14.9 Å². The molecule has 0 heterocycles. The highest BCUT2D eigenvalue weighted by atomic mass is 35.5. The number of carbonyl (C=O) groups is 1. The van der Waals surface area contributed by atoms with Crippen LogP contribution in [0.1, 0.15) is 19.4 Å². The third kappa shape index (κ3) is 5.28. The van der Waals surface area contributed by atoms with E-state index in [9.17, 15) is 4.79 Å². The number of amides is 1. The number of nitrogens with zero attached hydrogens (tertiary/aromatic N) is 1. The Kier molecular flexibility index (Phi) is 6.63. The van der Waals surface area contributed by atoms with Crippen molar-refractivity contribution in [1.82, 2.24) is 5.43 Å². The smallest absolute Gasteiger partial charge is 0.280 e. The SMILES string of the molecule is CCOc1ccccc1/C=N\NC(=O)[C@@H](C)Oc1ccc(Cl)cc1. The van der Waals surface area contributed by atoms with Crippen molar-refractivity contribution in [2.75, 3.05) is 6.61 Å². The van der Waals surface area contributed by atoms with Crippen LogP contribution in [0.25, 0.3) is 0 Å². The lowest BCUT2D eigenvalue weighted by molar-refractivity contribution is -0.127. The van der Waals surface area contributed by atoms with Gasteiger partial charge in [0, 0.05) is 10.6 Å². The van der Waals surface area contributed by atoms with Gasteiger partial charge in [0.15, 0.2) is 6.10 Å². The number of halogens is 1. The van der Waals surface area contributed by atoms with Crippen LogP contribution in [0.4, 0.5) is 0 Å². The van der Waals surface area contributed by atoms with Crippen LogP contribution in [0.3, 0.4) is 0 Å². The molecule has 0 aliphatic heterocycles. The van der Waals surface area contributed by atoms with Crippen molar-refractivity contribution in [3.8, 4) is 11.5 Å². The number of nitrogens with one attached hydrogen (secondary N) is 1. The molecule has 0 aliphatic carbocycles. The lowest BCUT2D eigenvalue weighted by Gasteiger charge is -2.12. The van der Waals surface area contributed by atoms with Crippen molar-refractivity contribution in [2.45, 2.75) is 20.0 Å². The Morgan fingerprint density at radius 3 is 2.67 bits per heavy atom. The molecule has 2 aromatic rings. The monoisotopic (exact) mass is 346 g/mol. The molecule has 0 saturated heterocycles. The molecule has 0 aromatic heterocycles. The van der Waals surface area contributed by atoms with Gasteiger partial charge in [0.25, 0.3) is 5.91 Å². The highest BCUT2D eigenvalue weighted by Gasteiger charge is 2.13. The molecule has 2 rings (SSSR count). The Hall–Kier alpha value is -2.53. The van der Waals surface area contributed by atoms with E-state index in [1.807, 2.05) is 31.2 Å². The summed E-state index contributed by atoms with van der Waals surface area (Å²) in [5.41, 5.74) is 3.24. The quantitative estimate of drug-likeness (QED) is 0.615. The molecule has 2 aromatic carbocycles. The number of rotatable bonds is 7. The summed E-state index contributed by atoms with van der Waals surface area (Å²) in [6, 6.07) is 14.3. The zero-order valence-corrected chi connectivity index (χ0v) is 14.3. The average molecular weight is 347 g/mol. The van der Waals surface area contributed by atoms with Crippen LogP contribution >= 0.6 is 11.6 Å². The van der Waals surface area contributed by atoms with E-state index < -0.39 is 6.10 Å². The van der Waals surface area contributed by atoms with Gasteiger partial charge >= 0.3 is 0 Å². The Bertz CT molecular complexity index is 702. The van der Waals surface area contributed by atoms with E-state index in [2.05, 4.69) is 10.5 Å². The molecule has 0 bridgehead atoms. The Labute approximate surface area is 146 Å². The second kappa shape index (κ2) is 8.93. The van der Waals surface area contributed by atoms with E-state index in [0.717, 1.165) is 5.56 Å². The zero-order valence-electron chi connectivity index (χ0n) is 13.5. The molecule has 0 radical (unpaired) electrons. The Balaban J connectivity index is 1.91. The minimum atomic E-state index is -0.689. The van der Waals surface area contributed by atoms with Gasteiger partial charge in [-0.05, 0) is 50.2 Å². The zero-order chi connectivity index (χ0) is 17.4. The van der Waals surface area contributed by atoms with E-state index in [4.69, 9.17) is 21.1 Å². The average Bonchev–Trinajstić information content (AvgIpc) is 2.58. The molecule has 1 N–H and O–H groups in total. The number of hydrogen-bond acceptors (Lipinski definition) is 4. The number of ether oxygens (including phenoxy) is 2. The predicted octanol–water partition coefficient (Wildman–Crippen LogP) is 3.66. The van der Waals surface area contributed by atoms with Crippen molar-refractivity contribution in [3.05, 3.63) is 59.1 Å². The summed E-state index contributed by atoms with van der Waals surface area (Å²) >= 11 is 5.81. The highest BCUT2D eigenvalue weighted by molar-refractivity contribution is 6.30. The largest absolute Gasteiger partial charge is 0.493 e. The van der Waals surface area contributed by atoms with Gasteiger partial charge in [-0.3, -0.25) is 4.79 Å². The van der Waals surface area contributed by atoms with Crippen LogP contribution in [-0.4, -0.2) is 24.8 Å². The van der Waals surface area contributed by atoms with E-state index in [1.54, 1.807) is 31.2 Å². The van der Waals surface area contributed by atoms with Gasteiger partial charge in [0.1, 0.15) is 11.5 Å². The second-order valence-corrected chi connectivity index (χ2v) is 5.36. The van der Waals surface area contributed by atoms with E-state index in [1.165, 1.54) is 6.21 Å². The normalized spacial score (nSPS) is 12.0. The van der Waals surface area contributed by atoms with E-state index in [0.29, 0.717) is 23.1 Å². The maximum absolute atomic E-state index is 12.0. The van der Waals surface area contributed by atoms with Crippen LogP contribution in [0.2, 0.25) is 5.02 Å². The first-order chi connectivity index (χ1) is 11.6. The second-order valence-electron chi connectivity index (χ2n) is 4.92. The number of hydrazone groups is 1. The first-order valence-electron chi connectivity index (χ1n) is 7.57. The van der Waals surface area contributed by atoms with Gasteiger partial charge in [-0.25, -0.2) is 5.43 Å². The fourth-order valence-corrected chi connectivity index (χ4v) is 2.03. The summed E-state index contributed by atoms with van der Waals surface area (Å²) in [4.78, 5) is 12.0. The van der Waals surface area contributed by atoms with Crippen LogP contribution in [0.15, 0.2) is 53.6 Å². The van der Waals surface area contributed by atoms with Crippen molar-refractivity contribution in [1.29, 1.82) is 0 Å². The first-order valence-corrected chi connectivity index (χ1v) is 7.95. The molecule has 0 unspecified atom stereocenters. The van der Waals surface area contributed by atoms with Crippen LogP contribution in [0.5, 0.6) is 11.5 Å². The maximum Gasteiger partial charge on any atom is 0.280 e. The molecule has 0 spiro atoms. The lowest BCUT2D eigenvalue weighted by atomic mass is 10.2. The topological polar surface area (TPSA) is 59.9 Å². The summed E-state index contributed by atoms with van der Waals surface area (Å²) in [5, 5.41) is 4.56. The Morgan fingerprint density at radius 2 is 1.96 bits per heavy atom. The summed E-state index contributed by atoms with van der Waals surface area (Å²) in [5.74, 6) is 0.922. The molecule has 24 heavy (non-hydrogen) atoms. The molecule has 5 nitrogen and oxygen atoms in total. The van der Waals surface area contributed by atoms with Crippen molar-refractivity contribution < 1.29 is 14.3 Å². The van der Waals surface area contributed by atoms with Crippen molar-refractivity contribution in [3.63, 3.8) is 0 Å². The summed E-state index contributed by atoms with van der Waals surface area (Å²) in [7, 11) is 0. The number of para-hydroxylation sites is 1. The lowest BCUT2D eigenvalue weighted by Crippen LogP contribution is -2.33. The number of benzene rings is 2. The van der Waals surface area contributed by atoms with E-state index >= 15 is 0 Å². The number of hydrogen-bond donors (Lipinski definition) is 1. The summed E-state index contributed by atoms with van der Waals surface area (Å²) in [6.45, 7) is 4.11. The molecular formula is C18H19ClN2O3. The molecule has 6 heteroatoms. The van der Waals surface area contributed by atoms with Gasteiger partial charge in [-0.2, -0.15) is 5.10 Å². The van der Waals surface area contributed by atoms with Crippen LogP contribution in [-0.2, 0) is 4.79 Å². The third-order valence-electron chi connectivity index (χ3n) is 3.09. The predicted molar refractivity (Wildman–Crippen MR) is 94.9 cm³/mol. The molecule has 126 valence electrons. The number of carbonyl (C=O) groups excluding carboxylic acids is 1. The van der Waals surface area contributed by atoms with Gasteiger partial charge in [-0.15, -0.1) is 0 Å². The van der Waals surface area contributed by atoms with E-state index in [-0.39, 0.29) is 5.91 Å². The minimum absolute atomic E-state index is 0.352. The first kappa shape index (κ1) is 17.8. The summed E-state index contributed by atoms with van der Waals surface area (Å²) < 4.78 is 11.0. The maximum atomic E-state index is 12.0. The fraction of sp³-hybridized carbons (Fsp3) is 0.222. The standard InChI is InChI=1S/C18H19ClN2O3/c1-3-23-17-7-5-4-6-14(17)12-20-21-18(22)13(2)24-16-10-8-15(19)9-11-16/h4-13H,3H2,1-2H3,(H,21,22)/b20-12-/t13-/m1/s1. The highest BCUT2D eigenvalue weighted by Crippen LogP contribution is 2.17. The minimum Gasteiger partial charge on any atom is -0.493 e. The fourth-order valence-electron chi connectivity index (χ4n) is 1.90. The van der Waals surface area contributed by atoms with Gasteiger partial charge in [0.2, 0.25) is 0 Å². The van der Waals surface area contributed by atoms with Crippen molar-refractivity contribution >= 4 is 23.7 Å². The molecule has 0 fully saturated rings. The molecule has 0 saturated carbocycles. The third-order valence-corrected chi connectivity index (χ3v) is 3.34. The molecule has 1 amide bonds. The Morgan fingerprint density at radius 1 is 1.25 bits per heavy atom. The molecule has 1 atom stereocenters. The molecule has 0 aliphatic rings. The van der Waals surface area contributed by atoms with Gasteiger partial charge in [0.05, 0.1) is 12.8 Å². The molecular weight excluding hydrogens is 328 g/mol. The van der Waals surface area contributed by atoms with Crippen LogP contribution in [0, 0.1) is 0 Å². The van der Waals surface area contributed by atoms with Crippen molar-refractivity contribution in [2.24, 2.45) is 5.10 Å². The van der Waals surface area contributed by atoms with Gasteiger partial charge in [-0.1, -0.05) is 23.7 Å².